The van der Waals surface area contributed by atoms with Crippen LogP contribution in [0.4, 0.5) is 0 Å². The van der Waals surface area contributed by atoms with Gasteiger partial charge in [-0.1, -0.05) is 25.1 Å². The molecule has 0 aliphatic heterocycles. The lowest BCUT2D eigenvalue weighted by Crippen LogP contribution is -2.23. The van der Waals surface area contributed by atoms with Crippen LogP contribution in [0.15, 0.2) is 48.5 Å². The molecule has 142 valence electrons. The summed E-state index contributed by atoms with van der Waals surface area (Å²) >= 11 is 0. The molecule has 6 nitrogen and oxygen atoms in total. The molecule has 0 fully saturated rings. The summed E-state index contributed by atoms with van der Waals surface area (Å²) in [4.78, 5) is 16.3. The number of hydrogen-bond acceptors (Lipinski definition) is 4. The van der Waals surface area contributed by atoms with Gasteiger partial charge in [-0.15, -0.1) is 0 Å². The number of benzene rings is 2. The van der Waals surface area contributed by atoms with Crippen LogP contribution in [0.5, 0.6) is 11.5 Å². The molecule has 0 aliphatic carbocycles. The van der Waals surface area contributed by atoms with Gasteiger partial charge in [-0.3, -0.25) is 4.79 Å². The average molecular weight is 367 g/mol. The number of para-hydroxylation sites is 2. The van der Waals surface area contributed by atoms with Crippen LogP contribution in [-0.2, 0) is 17.9 Å². The highest BCUT2D eigenvalue weighted by atomic mass is 16.5. The number of aromatic nitrogens is 2. The van der Waals surface area contributed by atoms with Gasteiger partial charge in [-0.05, 0) is 30.7 Å². The fourth-order valence-electron chi connectivity index (χ4n) is 2.92. The first-order valence-corrected chi connectivity index (χ1v) is 9.19. The Morgan fingerprint density at radius 2 is 1.96 bits per heavy atom. The van der Waals surface area contributed by atoms with Crippen LogP contribution in [-0.4, -0.2) is 29.2 Å². The SMILES string of the molecule is CCC(=O)NCc1nc2ccccc2n1CCCOc1cccc(OC)c1. The normalized spacial score (nSPS) is 10.7. The third-order valence-electron chi connectivity index (χ3n) is 4.33. The molecule has 0 unspecified atom stereocenters. The maximum atomic E-state index is 11.6. The van der Waals surface area contributed by atoms with E-state index in [1.807, 2.05) is 49.4 Å². The van der Waals surface area contributed by atoms with Crippen molar-refractivity contribution in [3.63, 3.8) is 0 Å². The predicted molar refractivity (Wildman–Crippen MR) is 105 cm³/mol. The van der Waals surface area contributed by atoms with Crippen molar-refractivity contribution in [2.24, 2.45) is 0 Å². The Balaban J connectivity index is 1.65. The van der Waals surface area contributed by atoms with Gasteiger partial charge >= 0.3 is 0 Å². The van der Waals surface area contributed by atoms with Crippen molar-refractivity contribution in [2.75, 3.05) is 13.7 Å². The first kappa shape index (κ1) is 18.8. The molecule has 6 heteroatoms. The average Bonchev–Trinajstić information content (AvgIpc) is 3.07. The Labute approximate surface area is 159 Å². The van der Waals surface area contributed by atoms with Crippen molar-refractivity contribution in [1.29, 1.82) is 0 Å². The number of fused-ring (bicyclic) bond motifs is 1. The summed E-state index contributed by atoms with van der Waals surface area (Å²) in [6, 6.07) is 15.6. The molecule has 27 heavy (non-hydrogen) atoms. The van der Waals surface area contributed by atoms with Crippen molar-refractivity contribution < 1.29 is 14.3 Å². The number of imidazole rings is 1. The molecular weight excluding hydrogens is 342 g/mol. The van der Waals surface area contributed by atoms with Crippen LogP contribution in [0.1, 0.15) is 25.6 Å². The highest BCUT2D eigenvalue weighted by Crippen LogP contribution is 2.20. The Kier molecular flexibility index (Phi) is 6.30. The third-order valence-corrected chi connectivity index (χ3v) is 4.33. The smallest absolute Gasteiger partial charge is 0.220 e. The number of carbonyl (C=O) groups excluding carboxylic acids is 1. The minimum atomic E-state index is 0.0231. The number of ether oxygens (including phenoxy) is 2. The van der Waals surface area contributed by atoms with Crippen molar-refractivity contribution in [3.05, 3.63) is 54.4 Å². The van der Waals surface area contributed by atoms with Gasteiger partial charge in [0.2, 0.25) is 5.91 Å². The summed E-state index contributed by atoms with van der Waals surface area (Å²) in [5.41, 5.74) is 2.01. The van der Waals surface area contributed by atoms with Crippen LogP contribution < -0.4 is 14.8 Å². The zero-order valence-corrected chi connectivity index (χ0v) is 15.8. The Hall–Kier alpha value is -3.02. The van der Waals surface area contributed by atoms with Crippen LogP contribution in [0.25, 0.3) is 11.0 Å². The lowest BCUT2D eigenvalue weighted by molar-refractivity contribution is -0.120. The van der Waals surface area contributed by atoms with Gasteiger partial charge in [0.05, 0.1) is 31.3 Å². The Morgan fingerprint density at radius 1 is 1.15 bits per heavy atom. The standard InChI is InChI=1S/C21H25N3O3/c1-3-21(25)22-15-20-23-18-10-4-5-11-19(18)24(20)12-7-13-27-17-9-6-8-16(14-17)26-2/h4-6,8-11,14H,3,7,12-13,15H2,1-2H3,(H,22,25). The summed E-state index contributed by atoms with van der Waals surface area (Å²) in [5.74, 6) is 2.46. The van der Waals surface area contributed by atoms with E-state index in [0.717, 1.165) is 41.3 Å². The van der Waals surface area contributed by atoms with Gasteiger partial charge in [-0.2, -0.15) is 0 Å². The summed E-state index contributed by atoms with van der Waals surface area (Å²) in [7, 11) is 1.64. The Bertz CT molecular complexity index is 905. The number of nitrogens with zero attached hydrogens (tertiary/aromatic N) is 2. The van der Waals surface area contributed by atoms with E-state index in [9.17, 15) is 4.79 Å². The number of amides is 1. The van der Waals surface area contributed by atoms with E-state index in [1.165, 1.54) is 0 Å². The van der Waals surface area contributed by atoms with Crippen molar-refractivity contribution >= 4 is 16.9 Å². The monoisotopic (exact) mass is 367 g/mol. The van der Waals surface area contributed by atoms with Crippen LogP contribution in [0, 0.1) is 0 Å². The minimum Gasteiger partial charge on any atom is -0.497 e. The highest BCUT2D eigenvalue weighted by Gasteiger charge is 2.11. The fourth-order valence-corrected chi connectivity index (χ4v) is 2.92. The number of hydrogen-bond donors (Lipinski definition) is 1. The topological polar surface area (TPSA) is 65.4 Å². The second-order valence-electron chi connectivity index (χ2n) is 6.18. The Morgan fingerprint density at radius 3 is 2.78 bits per heavy atom. The molecular formula is C21H25N3O3. The highest BCUT2D eigenvalue weighted by molar-refractivity contribution is 5.77. The van der Waals surface area contributed by atoms with Gasteiger partial charge in [0.1, 0.15) is 17.3 Å². The zero-order valence-electron chi connectivity index (χ0n) is 15.8. The van der Waals surface area contributed by atoms with Gasteiger partial charge in [0, 0.05) is 19.0 Å². The van der Waals surface area contributed by atoms with Gasteiger partial charge in [0.25, 0.3) is 0 Å². The first-order chi connectivity index (χ1) is 13.2. The number of methoxy groups -OCH3 is 1. The molecule has 1 amide bonds. The molecule has 2 aromatic carbocycles. The van der Waals surface area contributed by atoms with Gasteiger partial charge < -0.3 is 19.4 Å². The molecule has 0 spiro atoms. The molecule has 0 atom stereocenters. The zero-order chi connectivity index (χ0) is 19.1. The van der Waals surface area contributed by atoms with Crippen molar-refractivity contribution in [1.82, 2.24) is 14.9 Å². The molecule has 0 saturated heterocycles. The predicted octanol–water partition coefficient (Wildman–Crippen LogP) is 3.54. The number of carbonyl (C=O) groups is 1. The summed E-state index contributed by atoms with van der Waals surface area (Å²) in [5, 5.41) is 2.91. The van der Waals surface area contributed by atoms with Crippen molar-refractivity contribution in [2.45, 2.75) is 32.9 Å². The first-order valence-electron chi connectivity index (χ1n) is 9.19. The number of rotatable bonds is 9. The second-order valence-corrected chi connectivity index (χ2v) is 6.18. The van der Waals surface area contributed by atoms with E-state index in [1.54, 1.807) is 7.11 Å². The van der Waals surface area contributed by atoms with E-state index in [2.05, 4.69) is 20.9 Å². The van der Waals surface area contributed by atoms with Crippen LogP contribution in [0.2, 0.25) is 0 Å². The molecule has 0 aliphatic rings. The largest absolute Gasteiger partial charge is 0.497 e. The number of aryl methyl sites for hydroxylation is 1. The van der Waals surface area contributed by atoms with E-state index < -0.39 is 0 Å². The van der Waals surface area contributed by atoms with Gasteiger partial charge in [-0.25, -0.2) is 4.98 Å². The van der Waals surface area contributed by atoms with Crippen LogP contribution in [0.3, 0.4) is 0 Å². The molecule has 0 radical (unpaired) electrons. The second kappa shape index (κ2) is 9.07. The maximum absolute atomic E-state index is 11.6. The van der Waals surface area contributed by atoms with E-state index in [-0.39, 0.29) is 5.91 Å². The lowest BCUT2D eigenvalue weighted by atomic mass is 10.3. The molecule has 1 N–H and O–H groups in total. The molecule has 0 bridgehead atoms. The molecule has 1 heterocycles. The van der Waals surface area contributed by atoms with E-state index in [4.69, 9.17) is 9.47 Å². The molecule has 3 rings (SSSR count). The lowest BCUT2D eigenvalue weighted by Gasteiger charge is -2.11. The minimum absolute atomic E-state index is 0.0231. The summed E-state index contributed by atoms with van der Waals surface area (Å²) in [6.07, 6.45) is 1.29. The fraction of sp³-hybridized carbons (Fsp3) is 0.333. The van der Waals surface area contributed by atoms with Crippen molar-refractivity contribution in [3.8, 4) is 11.5 Å². The molecule has 0 saturated carbocycles. The quantitative estimate of drug-likeness (QED) is 0.588. The maximum Gasteiger partial charge on any atom is 0.220 e. The summed E-state index contributed by atoms with van der Waals surface area (Å²) in [6.45, 7) is 3.62. The summed E-state index contributed by atoms with van der Waals surface area (Å²) < 4.78 is 13.2. The van der Waals surface area contributed by atoms with E-state index in [0.29, 0.717) is 19.6 Å². The van der Waals surface area contributed by atoms with E-state index >= 15 is 0 Å². The number of nitrogens with one attached hydrogen (secondary N) is 1. The van der Waals surface area contributed by atoms with Gasteiger partial charge in [0.15, 0.2) is 0 Å². The molecule has 3 aromatic rings. The van der Waals surface area contributed by atoms with Crippen LogP contribution >= 0.6 is 0 Å². The molecule has 1 aromatic heterocycles. The third kappa shape index (κ3) is 4.78.